The van der Waals surface area contributed by atoms with Gasteiger partial charge in [-0.3, -0.25) is 10.1 Å². The third-order valence-corrected chi connectivity index (χ3v) is 5.09. The first-order valence-electron chi connectivity index (χ1n) is 8.26. The second-order valence-electron chi connectivity index (χ2n) is 5.86. The molecule has 0 aliphatic carbocycles. The molecule has 1 unspecified atom stereocenters. The lowest BCUT2D eigenvalue weighted by molar-refractivity contribution is -0.428. The lowest BCUT2D eigenvalue weighted by atomic mass is 9.83. The van der Waals surface area contributed by atoms with E-state index < -0.39 is 22.6 Å². The Morgan fingerprint density at radius 2 is 2.04 bits per heavy atom. The number of benzene rings is 1. The molecule has 2 aromatic rings. The summed E-state index contributed by atoms with van der Waals surface area (Å²) in [6.07, 6.45) is 0. The highest BCUT2D eigenvalue weighted by molar-refractivity contribution is 7.11. The molecule has 1 aliphatic heterocycles. The van der Waals surface area contributed by atoms with Gasteiger partial charge in [-0.15, -0.1) is 11.3 Å². The minimum absolute atomic E-state index is 0.140. The Hall–Kier alpha value is -3.00. The van der Waals surface area contributed by atoms with Gasteiger partial charge >= 0.3 is 5.97 Å². The number of hydrogen-bond acceptors (Lipinski definition) is 6. The quantitative estimate of drug-likeness (QED) is 0.475. The van der Waals surface area contributed by atoms with Crippen LogP contribution in [0, 0.1) is 15.9 Å². The molecule has 140 valence electrons. The van der Waals surface area contributed by atoms with Crippen LogP contribution in [0.2, 0.25) is 0 Å². The molecule has 1 aliphatic rings. The van der Waals surface area contributed by atoms with Crippen molar-refractivity contribution in [3.63, 3.8) is 0 Å². The van der Waals surface area contributed by atoms with Crippen LogP contribution in [0.25, 0.3) is 5.70 Å². The van der Waals surface area contributed by atoms with Gasteiger partial charge in [0.05, 0.1) is 22.0 Å². The topological polar surface area (TPSA) is 81.5 Å². The van der Waals surface area contributed by atoms with Crippen molar-refractivity contribution in [3.8, 4) is 0 Å². The average Bonchev–Trinajstić information content (AvgIpc) is 3.15. The molecule has 0 bridgehead atoms. The van der Waals surface area contributed by atoms with Crippen molar-refractivity contribution in [2.75, 3.05) is 6.61 Å². The molecule has 3 rings (SSSR count). The van der Waals surface area contributed by atoms with Gasteiger partial charge in [0, 0.05) is 5.70 Å². The molecule has 6 nitrogen and oxygen atoms in total. The number of esters is 1. The lowest BCUT2D eigenvalue weighted by Gasteiger charge is -2.27. The molecule has 0 fully saturated rings. The summed E-state index contributed by atoms with van der Waals surface area (Å²) in [5, 5.41) is 16.8. The van der Waals surface area contributed by atoms with Crippen molar-refractivity contribution in [1.82, 2.24) is 5.32 Å². The zero-order chi connectivity index (χ0) is 19.6. The van der Waals surface area contributed by atoms with Gasteiger partial charge in [-0.05, 0) is 43.0 Å². The molecule has 1 aromatic heterocycles. The molecule has 0 saturated heterocycles. The Kier molecular flexibility index (Phi) is 5.36. The molecule has 0 radical (unpaired) electrons. The summed E-state index contributed by atoms with van der Waals surface area (Å²) in [5.41, 5.74) is 1.22. The second kappa shape index (κ2) is 7.71. The minimum Gasteiger partial charge on any atom is -0.463 e. The van der Waals surface area contributed by atoms with Crippen LogP contribution in [0.3, 0.4) is 0 Å². The number of ether oxygens (including phenoxy) is 1. The number of nitrogens with one attached hydrogen (secondary N) is 1. The van der Waals surface area contributed by atoms with E-state index in [-0.39, 0.29) is 17.9 Å². The molecule has 1 N–H and O–H groups in total. The van der Waals surface area contributed by atoms with Gasteiger partial charge in [-0.1, -0.05) is 18.2 Å². The highest BCUT2D eigenvalue weighted by Gasteiger charge is 2.42. The van der Waals surface area contributed by atoms with Crippen LogP contribution in [0.1, 0.15) is 30.2 Å². The third-order valence-electron chi connectivity index (χ3n) is 4.20. The Morgan fingerprint density at radius 3 is 2.59 bits per heavy atom. The van der Waals surface area contributed by atoms with Crippen LogP contribution < -0.4 is 5.32 Å². The molecule has 0 saturated carbocycles. The zero-order valence-electron chi connectivity index (χ0n) is 14.7. The number of dihydropyridines is 1. The number of carbonyl (C=O) groups is 1. The predicted molar refractivity (Wildman–Crippen MR) is 99.8 cm³/mol. The first-order chi connectivity index (χ1) is 12.9. The van der Waals surface area contributed by atoms with Crippen LogP contribution >= 0.6 is 11.3 Å². The van der Waals surface area contributed by atoms with Crippen molar-refractivity contribution >= 4 is 23.0 Å². The zero-order valence-corrected chi connectivity index (χ0v) is 15.5. The second-order valence-corrected chi connectivity index (χ2v) is 6.81. The van der Waals surface area contributed by atoms with E-state index in [1.165, 1.54) is 35.6 Å². The van der Waals surface area contributed by atoms with E-state index in [2.05, 4.69) is 5.32 Å². The van der Waals surface area contributed by atoms with E-state index in [9.17, 15) is 19.3 Å². The summed E-state index contributed by atoms with van der Waals surface area (Å²) in [6, 6.07) is 8.90. The fourth-order valence-corrected chi connectivity index (χ4v) is 3.82. The number of allylic oxidation sites excluding steroid dienone is 2. The van der Waals surface area contributed by atoms with Gasteiger partial charge in [0.15, 0.2) is 0 Å². The number of halogens is 1. The molecule has 2 heterocycles. The van der Waals surface area contributed by atoms with E-state index in [0.717, 1.165) is 0 Å². The van der Waals surface area contributed by atoms with Crippen LogP contribution in [-0.4, -0.2) is 17.5 Å². The molecule has 1 atom stereocenters. The number of hydrogen-bond donors (Lipinski definition) is 1. The van der Waals surface area contributed by atoms with E-state index >= 15 is 0 Å². The Bertz CT molecular complexity index is 933. The SMILES string of the molecule is CCOC(=O)C1=C(C)NC(c2cccs2)=C([N+](=O)[O-])C1c1ccc(F)cc1. The summed E-state index contributed by atoms with van der Waals surface area (Å²) in [6.45, 7) is 3.48. The smallest absolute Gasteiger partial charge is 0.336 e. The van der Waals surface area contributed by atoms with Crippen molar-refractivity contribution in [2.45, 2.75) is 19.8 Å². The van der Waals surface area contributed by atoms with Crippen molar-refractivity contribution in [2.24, 2.45) is 0 Å². The average molecular weight is 388 g/mol. The highest BCUT2D eigenvalue weighted by Crippen LogP contribution is 2.42. The van der Waals surface area contributed by atoms with Crippen molar-refractivity contribution in [1.29, 1.82) is 0 Å². The summed E-state index contributed by atoms with van der Waals surface area (Å²) in [7, 11) is 0. The Balaban J connectivity index is 2.25. The molecule has 1 aromatic carbocycles. The van der Waals surface area contributed by atoms with E-state index in [1.807, 2.05) is 5.38 Å². The number of nitro groups is 1. The van der Waals surface area contributed by atoms with E-state index in [4.69, 9.17) is 4.74 Å². The number of rotatable bonds is 5. The summed E-state index contributed by atoms with van der Waals surface area (Å²) < 4.78 is 18.5. The normalized spacial score (nSPS) is 16.9. The van der Waals surface area contributed by atoms with Crippen molar-refractivity contribution in [3.05, 3.63) is 85.1 Å². The maximum Gasteiger partial charge on any atom is 0.336 e. The van der Waals surface area contributed by atoms with Gasteiger partial charge in [-0.25, -0.2) is 9.18 Å². The van der Waals surface area contributed by atoms with Crippen LogP contribution in [0.4, 0.5) is 4.39 Å². The minimum atomic E-state index is -0.974. The fraction of sp³-hybridized carbons (Fsp3) is 0.211. The summed E-state index contributed by atoms with van der Waals surface area (Å²) in [5.74, 6) is -2.07. The molecular formula is C19H17FN2O4S. The predicted octanol–water partition coefficient (Wildman–Crippen LogP) is 4.06. The lowest BCUT2D eigenvalue weighted by Crippen LogP contribution is -2.31. The fourth-order valence-electron chi connectivity index (χ4n) is 3.08. The molecular weight excluding hydrogens is 371 g/mol. The van der Waals surface area contributed by atoms with Gasteiger partial charge in [0.2, 0.25) is 0 Å². The van der Waals surface area contributed by atoms with Crippen LogP contribution in [0.5, 0.6) is 0 Å². The van der Waals surface area contributed by atoms with Gasteiger partial charge in [0.1, 0.15) is 17.4 Å². The van der Waals surface area contributed by atoms with Crippen LogP contribution in [0.15, 0.2) is 58.7 Å². The Morgan fingerprint density at radius 1 is 1.33 bits per heavy atom. The number of nitrogens with zero attached hydrogens (tertiary/aromatic N) is 1. The standard InChI is InChI=1S/C19H17FN2O4S/c1-3-26-19(23)15-11(2)21-17(14-5-4-10-27-14)18(22(24)25)16(15)12-6-8-13(20)9-7-12/h4-10,16,21H,3H2,1-2H3. The summed E-state index contributed by atoms with van der Waals surface area (Å²) >= 11 is 1.35. The largest absolute Gasteiger partial charge is 0.463 e. The van der Waals surface area contributed by atoms with Gasteiger partial charge < -0.3 is 10.1 Å². The van der Waals surface area contributed by atoms with Crippen LogP contribution in [-0.2, 0) is 9.53 Å². The molecule has 27 heavy (non-hydrogen) atoms. The molecule has 0 spiro atoms. The Labute approximate surface area is 159 Å². The van der Waals surface area contributed by atoms with E-state index in [0.29, 0.717) is 21.8 Å². The first-order valence-corrected chi connectivity index (χ1v) is 9.14. The van der Waals surface area contributed by atoms with E-state index in [1.54, 1.807) is 26.0 Å². The third kappa shape index (κ3) is 3.61. The van der Waals surface area contributed by atoms with Gasteiger partial charge in [0.25, 0.3) is 5.70 Å². The molecule has 8 heteroatoms. The first kappa shape index (κ1) is 18.8. The monoisotopic (exact) mass is 388 g/mol. The number of carbonyl (C=O) groups excluding carboxylic acids is 1. The maximum atomic E-state index is 13.4. The van der Waals surface area contributed by atoms with Crippen molar-refractivity contribution < 1.29 is 18.8 Å². The highest BCUT2D eigenvalue weighted by atomic mass is 32.1. The maximum absolute atomic E-state index is 13.4. The molecule has 0 amide bonds. The number of thiophene rings is 1. The summed E-state index contributed by atoms with van der Waals surface area (Å²) in [4.78, 5) is 24.8. The van der Waals surface area contributed by atoms with Gasteiger partial charge in [-0.2, -0.15) is 0 Å².